The first-order valence-corrected chi connectivity index (χ1v) is 8.07. The summed E-state index contributed by atoms with van der Waals surface area (Å²) in [6.45, 7) is 7.23. The van der Waals surface area contributed by atoms with Crippen molar-refractivity contribution < 1.29 is 0 Å². The van der Waals surface area contributed by atoms with Crippen LogP contribution in [0.2, 0.25) is 0 Å². The van der Waals surface area contributed by atoms with Crippen LogP contribution in [0.25, 0.3) is 0 Å². The van der Waals surface area contributed by atoms with E-state index in [2.05, 4.69) is 46.1 Å². The molecule has 2 N–H and O–H groups in total. The fraction of sp³-hybridized carbons (Fsp3) is 0.438. The Hall–Kier alpha value is -1.23. The van der Waals surface area contributed by atoms with Gasteiger partial charge in [-0.05, 0) is 43.5 Å². The lowest BCUT2D eigenvalue weighted by molar-refractivity contribution is 0.569. The minimum atomic E-state index is 0.308. The molecule has 4 heteroatoms. The van der Waals surface area contributed by atoms with Gasteiger partial charge < -0.3 is 10.6 Å². The molecule has 0 fully saturated rings. The first-order valence-electron chi connectivity index (χ1n) is 7.19. The second-order valence-electron chi connectivity index (χ2n) is 5.46. The maximum absolute atomic E-state index is 4.54. The molecule has 1 aliphatic rings. The van der Waals surface area contributed by atoms with Crippen molar-refractivity contribution in [3.05, 3.63) is 51.0 Å². The van der Waals surface area contributed by atoms with Crippen molar-refractivity contribution in [2.45, 2.75) is 39.4 Å². The van der Waals surface area contributed by atoms with Gasteiger partial charge in [0.05, 0.1) is 6.04 Å². The molecule has 0 bridgehead atoms. The van der Waals surface area contributed by atoms with Crippen LogP contribution in [0.1, 0.15) is 40.4 Å². The van der Waals surface area contributed by atoms with E-state index in [0.717, 1.165) is 31.7 Å². The van der Waals surface area contributed by atoms with Crippen LogP contribution >= 0.6 is 11.3 Å². The summed E-state index contributed by atoms with van der Waals surface area (Å²) in [5.41, 5.74) is 5.41. The molecule has 0 amide bonds. The Morgan fingerprint density at radius 1 is 1.40 bits per heavy atom. The SMILES string of the molecule is Cc1csc(C(C)NCc2ccc3c(c2)CNCC3)n1. The van der Waals surface area contributed by atoms with Gasteiger partial charge in [-0.2, -0.15) is 0 Å². The van der Waals surface area contributed by atoms with Crippen molar-refractivity contribution in [3.63, 3.8) is 0 Å². The van der Waals surface area contributed by atoms with Crippen LogP contribution in [-0.2, 0) is 19.5 Å². The van der Waals surface area contributed by atoms with Gasteiger partial charge >= 0.3 is 0 Å². The molecule has 2 aromatic rings. The molecule has 3 nitrogen and oxygen atoms in total. The fourth-order valence-corrected chi connectivity index (χ4v) is 3.40. The number of hydrogen-bond acceptors (Lipinski definition) is 4. The van der Waals surface area contributed by atoms with Gasteiger partial charge in [0, 0.05) is 24.2 Å². The second-order valence-corrected chi connectivity index (χ2v) is 6.35. The highest BCUT2D eigenvalue weighted by molar-refractivity contribution is 7.09. The van der Waals surface area contributed by atoms with Crippen molar-refractivity contribution in [1.82, 2.24) is 15.6 Å². The van der Waals surface area contributed by atoms with Crippen LogP contribution in [0.4, 0.5) is 0 Å². The highest BCUT2D eigenvalue weighted by Crippen LogP contribution is 2.19. The molecule has 1 unspecified atom stereocenters. The van der Waals surface area contributed by atoms with Gasteiger partial charge in [-0.3, -0.25) is 0 Å². The third-order valence-corrected chi connectivity index (χ3v) is 4.92. The Morgan fingerprint density at radius 2 is 2.30 bits per heavy atom. The van der Waals surface area contributed by atoms with Gasteiger partial charge in [0.2, 0.25) is 0 Å². The van der Waals surface area contributed by atoms with Gasteiger partial charge in [0.1, 0.15) is 5.01 Å². The standard InChI is InChI=1S/C16H21N3S/c1-11-10-20-16(19-11)12(2)18-8-13-3-4-14-5-6-17-9-15(14)7-13/h3-4,7,10,12,17-18H,5-6,8-9H2,1-2H3. The topological polar surface area (TPSA) is 37.0 Å². The Labute approximate surface area is 124 Å². The minimum Gasteiger partial charge on any atom is -0.312 e. The molecular weight excluding hydrogens is 266 g/mol. The smallest absolute Gasteiger partial charge is 0.110 e. The Bertz CT molecular complexity index is 591. The molecule has 0 spiro atoms. The zero-order chi connectivity index (χ0) is 13.9. The normalized spacial score (nSPS) is 15.9. The van der Waals surface area contributed by atoms with E-state index < -0.39 is 0 Å². The molecule has 0 aliphatic carbocycles. The molecule has 1 aromatic heterocycles. The first kappa shape index (κ1) is 13.7. The monoisotopic (exact) mass is 287 g/mol. The summed E-state index contributed by atoms with van der Waals surface area (Å²) in [6.07, 6.45) is 1.15. The van der Waals surface area contributed by atoms with Gasteiger partial charge in [-0.15, -0.1) is 11.3 Å². The van der Waals surface area contributed by atoms with E-state index in [1.807, 2.05) is 6.92 Å². The van der Waals surface area contributed by atoms with Gasteiger partial charge in [0.25, 0.3) is 0 Å². The molecule has 1 aromatic carbocycles. The van der Waals surface area contributed by atoms with Crippen LogP contribution in [0, 0.1) is 6.92 Å². The van der Waals surface area contributed by atoms with Crippen molar-refractivity contribution in [1.29, 1.82) is 0 Å². The van der Waals surface area contributed by atoms with Crippen molar-refractivity contribution in [3.8, 4) is 0 Å². The van der Waals surface area contributed by atoms with E-state index in [1.165, 1.54) is 21.7 Å². The lowest BCUT2D eigenvalue weighted by Gasteiger charge is -2.18. The molecule has 0 saturated heterocycles. The fourth-order valence-electron chi connectivity index (χ4n) is 2.57. The lowest BCUT2D eigenvalue weighted by atomic mass is 9.98. The summed E-state index contributed by atoms with van der Waals surface area (Å²) in [5, 5.41) is 10.3. The van der Waals surface area contributed by atoms with E-state index >= 15 is 0 Å². The van der Waals surface area contributed by atoms with Gasteiger partial charge in [-0.25, -0.2) is 4.98 Å². The van der Waals surface area contributed by atoms with Crippen LogP contribution in [0.15, 0.2) is 23.6 Å². The molecule has 0 radical (unpaired) electrons. The molecule has 0 saturated carbocycles. The number of thiazole rings is 1. The van der Waals surface area contributed by atoms with E-state index in [9.17, 15) is 0 Å². The highest BCUT2D eigenvalue weighted by atomic mass is 32.1. The highest BCUT2D eigenvalue weighted by Gasteiger charge is 2.11. The lowest BCUT2D eigenvalue weighted by Crippen LogP contribution is -2.24. The number of benzene rings is 1. The number of aryl methyl sites for hydroxylation is 1. The number of fused-ring (bicyclic) bond motifs is 1. The van der Waals surface area contributed by atoms with Crippen LogP contribution in [-0.4, -0.2) is 11.5 Å². The minimum absolute atomic E-state index is 0.308. The van der Waals surface area contributed by atoms with Crippen LogP contribution < -0.4 is 10.6 Å². The van der Waals surface area contributed by atoms with E-state index in [-0.39, 0.29) is 0 Å². The van der Waals surface area contributed by atoms with Crippen molar-refractivity contribution >= 4 is 11.3 Å². The summed E-state index contributed by atoms with van der Waals surface area (Å²) in [4.78, 5) is 4.54. The molecular formula is C16H21N3S. The van der Waals surface area contributed by atoms with E-state index in [0.29, 0.717) is 6.04 Å². The van der Waals surface area contributed by atoms with Gasteiger partial charge in [0.15, 0.2) is 0 Å². The summed E-state index contributed by atoms with van der Waals surface area (Å²) in [5.74, 6) is 0. The molecule has 106 valence electrons. The maximum Gasteiger partial charge on any atom is 0.110 e. The summed E-state index contributed by atoms with van der Waals surface area (Å²) < 4.78 is 0. The van der Waals surface area contributed by atoms with Gasteiger partial charge in [-0.1, -0.05) is 18.2 Å². The Balaban J connectivity index is 1.63. The zero-order valence-electron chi connectivity index (χ0n) is 12.1. The number of nitrogens with one attached hydrogen (secondary N) is 2. The number of aromatic nitrogens is 1. The van der Waals surface area contributed by atoms with Crippen LogP contribution in [0.5, 0.6) is 0 Å². The van der Waals surface area contributed by atoms with Crippen molar-refractivity contribution in [2.75, 3.05) is 6.54 Å². The van der Waals surface area contributed by atoms with Crippen molar-refractivity contribution in [2.24, 2.45) is 0 Å². The zero-order valence-corrected chi connectivity index (χ0v) is 12.9. The Kier molecular flexibility index (Phi) is 4.15. The quantitative estimate of drug-likeness (QED) is 0.908. The maximum atomic E-state index is 4.54. The molecule has 2 heterocycles. The first-order chi connectivity index (χ1) is 9.72. The predicted octanol–water partition coefficient (Wildman–Crippen LogP) is 2.95. The molecule has 1 aliphatic heterocycles. The third-order valence-electron chi connectivity index (χ3n) is 3.78. The number of nitrogens with zero attached hydrogens (tertiary/aromatic N) is 1. The summed E-state index contributed by atoms with van der Waals surface area (Å²) in [6, 6.07) is 7.17. The van der Waals surface area contributed by atoms with Crippen LogP contribution in [0.3, 0.4) is 0 Å². The second kappa shape index (κ2) is 6.04. The predicted molar refractivity (Wildman–Crippen MR) is 84.0 cm³/mol. The third kappa shape index (κ3) is 3.08. The summed E-state index contributed by atoms with van der Waals surface area (Å²) in [7, 11) is 0. The number of rotatable bonds is 4. The average Bonchev–Trinajstić information content (AvgIpc) is 2.91. The molecule has 20 heavy (non-hydrogen) atoms. The summed E-state index contributed by atoms with van der Waals surface area (Å²) >= 11 is 1.73. The number of hydrogen-bond donors (Lipinski definition) is 2. The average molecular weight is 287 g/mol. The molecule has 1 atom stereocenters. The van der Waals surface area contributed by atoms with E-state index in [4.69, 9.17) is 0 Å². The largest absolute Gasteiger partial charge is 0.312 e. The molecule has 3 rings (SSSR count). The Morgan fingerprint density at radius 3 is 3.10 bits per heavy atom. The van der Waals surface area contributed by atoms with E-state index in [1.54, 1.807) is 11.3 Å².